The number of nitrogens with zero attached hydrogens (tertiary/aromatic N) is 10. The van der Waals surface area contributed by atoms with Crippen LogP contribution in [0.4, 0.5) is 26.3 Å². The molecule has 0 aliphatic rings. The third-order valence-corrected chi connectivity index (χ3v) is 14.7. The van der Waals surface area contributed by atoms with Gasteiger partial charge in [0, 0.05) is 48.9 Å². The molecule has 0 unspecified atom stereocenters. The van der Waals surface area contributed by atoms with E-state index in [1.807, 2.05) is 0 Å². The molecule has 10 aromatic rings. The first-order chi connectivity index (χ1) is 39.1. The maximum atomic E-state index is 12.7. The molecular weight excluding hydrogens is 1140 g/mol. The summed E-state index contributed by atoms with van der Waals surface area (Å²) in [5, 5.41) is 34.2. The van der Waals surface area contributed by atoms with Gasteiger partial charge in [-0.25, -0.2) is 35.8 Å². The van der Waals surface area contributed by atoms with Crippen molar-refractivity contribution in [3.05, 3.63) is 169 Å². The van der Waals surface area contributed by atoms with Crippen LogP contribution < -0.4 is 9.47 Å². The number of esters is 1. The van der Waals surface area contributed by atoms with E-state index in [4.69, 9.17) is 4.74 Å². The van der Waals surface area contributed by atoms with Crippen LogP contribution in [0, 0.1) is 0 Å². The Labute approximate surface area is 467 Å². The van der Waals surface area contributed by atoms with Crippen LogP contribution in [0.1, 0.15) is 21.0 Å². The average molecular weight is 1180 g/mol. The fourth-order valence-electron chi connectivity index (χ4n) is 8.64. The number of sulfone groups is 2. The largest absolute Gasteiger partial charge is 0.573 e. The minimum Gasteiger partial charge on any atom is -0.476 e. The van der Waals surface area contributed by atoms with Gasteiger partial charge in [0.2, 0.25) is 0 Å². The van der Waals surface area contributed by atoms with E-state index in [1.54, 1.807) is 86.9 Å². The van der Waals surface area contributed by atoms with Crippen LogP contribution in [0.25, 0.3) is 78.7 Å². The third-order valence-electron chi connectivity index (χ3n) is 12.4. The number of ether oxygens (including phenoxy) is 3. The number of halogens is 6. The predicted octanol–water partition coefficient (Wildman–Crippen LogP) is 10.1. The lowest BCUT2D eigenvalue weighted by Crippen LogP contribution is -2.17. The number of carbonyl (C=O) groups is 2. The van der Waals surface area contributed by atoms with E-state index in [0.717, 1.165) is 24.6 Å². The van der Waals surface area contributed by atoms with Crippen molar-refractivity contribution in [1.29, 1.82) is 0 Å². The molecule has 0 aliphatic heterocycles. The molecule has 0 amide bonds. The van der Waals surface area contributed by atoms with Crippen molar-refractivity contribution >= 4 is 31.6 Å². The zero-order chi connectivity index (χ0) is 59.8. The van der Waals surface area contributed by atoms with Gasteiger partial charge in [-0.05, 0) is 119 Å². The summed E-state index contributed by atoms with van der Waals surface area (Å²) in [4.78, 5) is 24.0. The summed E-state index contributed by atoms with van der Waals surface area (Å²) in [5.41, 5.74) is 7.11. The minimum atomic E-state index is -4.84. The summed E-state index contributed by atoms with van der Waals surface area (Å²) in [6, 6.07) is 36.6. The van der Waals surface area contributed by atoms with Gasteiger partial charge in [-0.3, -0.25) is 9.36 Å². The number of aromatic carboxylic acids is 1. The lowest BCUT2D eigenvalue weighted by Gasteiger charge is -2.15. The molecule has 0 fully saturated rings. The highest BCUT2D eigenvalue weighted by atomic mass is 32.2. The van der Waals surface area contributed by atoms with Gasteiger partial charge in [-0.1, -0.05) is 59.0 Å². The van der Waals surface area contributed by atoms with Crippen molar-refractivity contribution in [2.75, 3.05) is 19.6 Å². The van der Waals surface area contributed by atoms with Gasteiger partial charge in [0.15, 0.2) is 31.1 Å². The number of carboxylic acid groups (broad SMARTS) is 1. The van der Waals surface area contributed by atoms with E-state index in [1.165, 1.54) is 98.9 Å². The van der Waals surface area contributed by atoms with Crippen molar-refractivity contribution in [1.82, 2.24) is 49.5 Å². The fourth-order valence-corrected chi connectivity index (χ4v) is 9.97. The van der Waals surface area contributed by atoms with Crippen molar-refractivity contribution in [3.63, 3.8) is 0 Å². The first-order valence-electron chi connectivity index (χ1n) is 24.0. The Morgan fingerprint density at radius 1 is 0.494 bits per heavy atom. The second-order valence-corrected chi connectivity index (χ2v) is 22.2. The second-order valence-electron chi connectivity index (χ2n) is 18.1. The zero-order valence-electron chi connectivity index (χ0n) is 43.7. The summed E-state index contributed by atoms with van der Waals surface area (Å²) in [7, 11) is -2.48. The monoisotopic (exact) mass is 1180 g/mol. The summed E-state index contributed by atoms with van der Waals surface area (Å²) in [5.74, 6) is -2.63. The van der Waals surface area contributed by atoms with E-state index < -0.39 is 50.1 Å². The molecule has 83 heavy (non-hydrogen) atoms. The first-order valence-corrected chi connectivity index (χ1v) is 27.8. The second kappa shape index (κ2) is 22.5. The summed E-state index contributed by atoms with van der Waals surface area (Å²) in [6.45, 7) is 0. The molecule has 4 aromatic heterocycles. The molecule has 0 bridgehead atoms. The van der Waals surface area contributed by atoms with E-state index >= 15 is 0 Å². The normalized spacial score (nSPS) is 11.9. The number of hydrogen-bond acceptors (Lipinski definition) is 15. The number of alkyl halides is 6. The van der Waals surface area contributed by atoms with E-state index in [2.05, 4.69) is 40.3 Å². The molecule has 426 valence electrons. The summed E-state index contributed by atoms with van der Waals surface area (Å²) >= 11 is 0. The highest BCUT2D eigenvalue weighted by molar-refractivity contribution is 7.91. The highest BCUT2D eigenvalue weighted by Gasteiger charge is 2.32. The van der Waals surface area contributed by atoms with Crippen LogP contribution in [0.15, 0.2) is 168 Å². The number of carbonyl (C=O) groups excluding carboxylic acids is 1. The van der Waals surface area contributed by atoms with Crippen molar-refractivity contribution in [3.8, 4) is 90.2 Å². The number of aryl methyl sites for hydroxylation is 2. The predicted molar refractivity (Wildman–Crippen MR) is 287 cm³/mol. The van der Waals surface area contributed by atoms with Crippen LogP contribution in [0.3, 0.4) is 0 Å². The topological polar surface area (TPSA) is 247 Å². The van der Waals surface area contributed by atoms with Gasteiger partial charge >= 0.3 is 24.7 Å². The Hall–Kier alpha value is -9.96. The van der Waals surface area contributed by atoms with Gasteiger partial charge in [0.05, 0.1) is 63.4 Å². The number of aromatic nitrogens is 10. The van der Waals surface area contributed by atoms with Gasteiger partial charge in [-0.2, -0.15) is 10.2 Å². The van der Waals surface area contributed by atoms with Crippen LogP contribution in [0.5, 0.6) is 11.5 Å². The number of rotatable bonds is 14. The molecule has 20 nitrogen and oxygen atoms in total. The third kappa shape index (κ3) is 13.1. The lowest BCUT2D eigenvalue weighted by molar-refractivity contribution is -0.275. The molecule has 4 heterocycles. The quantitative estimate of drug-likeness (QED) is 0.0785. The standard InChI is InChI=1S/C28H22F3N5O5S.C27H20F3N5O5S/c1-35-24(15-23(33-35)27(37)40-2)22-12-9-19(18-5-4-6-21(13-18)42(3,38)39)14-25(22)36-26(16-32-34-36)17-7-10-20(11-8-17)41-28(29,30)31;1-34-23(14-22(32-34)26(36)37)21-11-8-18(17-4-3-5-20(12-17)41(2,38)39)13-24(21)35-25(15-31-33-35)16-6-9-19(10-7-16)40-27(28,29)30/h4-16H,1-3H3;3-15H,1-2H3,(H,36,37). The molecule has 1 N–H and O–H groups in total. The molecule has 10 rings (SSSR count). The van der Waals surface area contributed by atoms with Gasteiger partial charge in [-0.15, -0.1) is 36.5 Å². The number of carboxylic acids is 1. The molecule has 0 saturated heterocycles. The Morgan fingerprint density at radius 2 is 0.867 bits per heavy atom. The molecule has 6 aromatic carbocycles. The number of benzene rings is 6. The maximum absolute atomic E-state index is 12.7. The fraction of sp³-hybridized carbons (Fsp3) is 0.127. The molecule has 28 heteroatoms. The smallest absolute Gasteiger partial charge is 0.476 e. The van der Waals surface area contributed by atoms with E-state index in [-0.39, 0.29) is 26.9 Å². The first kappa shape index (κ1) is 57.7. The number of hydrogen-bond donors (Lipinski definition) is 1. The zero-order valence-corrected chi connectivity index (χ0v) is 45.3. The molecular formula is C55H42F6N10O10S2. The van der Waals surface area contributed by atoms with Crippen LogP contribution in [-0.4, -0.2) is 116 Å². The van der Waals surface area contributed by atoms with Crippen molar-refractivity contribution < 1.29 is 72.1 Å². The van der Waals surface area contributed by atoms with E-state index in [9.17, 15) is 57.9 Å². The Bertz CT molecular complexity index is 4330. The summed E-state index contributed by atoms with van der Waals surface area (Å²) in [6.07, 6.45) is -4.58. The van der Waals surface area contributed by atoms with Crippen LogP contribution >= 0.6 is 0 Å². The molecule has 0 saturated carbocycles. The van der Waals surface area contributed by atoms with Crippen LogP contribution in [-0.2, 0) is 38.5 Å². The Kier molecular flexibility index (Phi) is 15.7. The van der Waals surface area contributed by atoms with Crippen LogP contribution in [0.2, 0.25) is 0 Å². The van der Waals surface area contributed by atoms with Gasteiger partial charge < -0.3 is 19.3 Å². The minimum absolute atomic E-state index is 0.0740. The van der Waals surface area contributed by atoms with Gasteiger partial charge in [0.1, 0.15) is 11.5 Å². The lowest BCUT2D eigenvalue weighted by atomic mass is 10.00. The summed E-state index contributed by atoms with van der Waals surface area (Å²) < 4.78 is 143. The number of methoxy groups -OCH3 is 1. The van der Waals surface area contributed by atoms with Crippen molar-refractivity contribution in [2.24, 2.45) is 14.1 Å². The molecule has 0 spiro atoms. The molecule has 0 atom stereocenters. The van der Waals surface area contributed by atoms with Crippen molar-refractivity contribution in [2.45, 2.75) is 22.5 Å². The maximum Gasteiger partial charge on any atom is 0.573 e. The average Bonchev–Trinajstić information content (AvgIpc) is 3.32. The molecule has 0 aliphatic carbocycles. The van der Waals surface area contributed by atoms with Gasteiger partial charge in [0.25, 0.3) is 0 Å². The highest BCUT2D eigenvalue weighted by Crippen LogP contribution is 2.38. The molecule has 0 radical (unpaired) electrons. The Balaban J connectivity index is 0.000000200. The van der Waals surface area contributed by atoms with E-state index in [0.29, 0.717) is 78.7 Å². The SMILES string of the molecule is COC(=O)c1cc(-c2ccc(-c3cccc(S(C)(=O)=O)c3)cc2-n2nncc2-c2ccc(OC(F)(F)F)cc2)n(C)n1.Cn1nc(C(=O)O)cc1-c1ccc(-c2cccc(S(C)(=O)=O)c2)cc1-n1nncc1-c1ccc(OC(F)(F)F)cc1. The Morgan fingerprint density at radius 3 is 1.23 bits per heavy atom.